The molecule has 2 aromatic heterocycles. The molecule has 1 aromatic carbocycles. The van der Waals surface area contributed by atoms with Gasteiger partial charge in [-0.3, -0.25) is 4.79 Å². The summed E-state index contributed by atoms with van der Waals surface area (Å²) in [5.74, 6) is -0.0969. The number of hydrogen-bond acceptors (Lipinski definition) is 7. The summed E-state index contributed by atoms with van der Waals surface area (Å²) in [6.45, 7) is 4.01. The first-order valence-electron chi connectivity index (χ1n) is 6.99. The fraction of sp³-hybridized carbons (Fsp3) is 0.250. The van der Waals surface area contributed by atoms with Crippen LogP contribution in [0.3, 0.4) is 0 Å². The maximum atomic E-state index is 11.3. The number of aryl methyl sites for hydroxylation is 2. The lowest BCUT2D eigenvalue weighted by Crippen LogP contribution is -2.04. The first kappa shape index (κ1) is 15.9. The van der Waals surface area contributed by atoms with Crippen molar-refractivity contribution in [1.82, 2.24) is 15.2 Å². The number of methoxy groups -OCH3 is 1. The number of thiazole rings is 1. The van der Waals surface area contributed by atoms with Gasteiger partial charge in [0.25, 0.3) is 0 Å². The summed E-state index contributed by atoms with van der Waals surface area (Å²) in [5, 5.41) is 10.3. The maximum absolute atomic E-state index is 11.3. The van der Waals surface area contributed by atoms with Gasteiger partial charge in [0.05, 0.1) is 22.6 Å². The summed E-state index contributed by atoms with van der Waals surface area (Å²) in [4.78, 5) is 15.9. The number of hydrogen-bond donors (Lipinski definition) is 0. The molecule has 2 heterocycles. The molecule has 0 radical (unpaired) electrons. The van der Waals surface area contributed by atoms with Gasteiger partial charge in [-0.15, -0.1) is 21.5 Å². The molecule has 0 spiro atoms. The minimum absolute atomic E-state index is 0.195. The van der Waals surface area contributed by atoms with E-state index < -0.39 is 0 Å². The summed E-state index contributed by atoms with van der Waals surface area (Å²) in [5.41, 5.74) is 3.84. The number of thioether (sulfide) groups is 1. The number of ether oxygens (including phenoxy) is 1. The van der Waals surface area contributed by atoms with Crippen molar-refractivity contribution in [3.05, 3.63) is 34.8 Å². The predicted octanol–water partition coefficient (Wildman–Crippen LogP) is 3.64. The average Bonchev–Trinajstić information content (AvgIpc) is 2.94. The second kappa shape index (κ2) is 6.64. The molecule has 0 fully saturated rings. The number of rotatable bonds is 4. The molecule has 0 N–H and O–H groups in total. The van der Waals surface area contributed by atoms with E-state index in [0.29, 0.717) is 5.03 Å². The zero-order valence-corrected chi connectivity index (χ0v) is 14.6. The van der Waals surface area contributed by atoms with Crippen LogP contribution in [0.25, 0.3) is 21.5 Å². The average molecular weight is 345 g/mol. The van der Waals surface area contributed by atoms with Gasteiger partial charge in [0.2, 0.25) is 0 Å². The third kappa shape index (κ3) is 3.35. The van der Waals surface area contributed by atoms with Crippen molar-refractivity contribution in [3.8, 4) is 11.3 Å². The van der Waals surface area contributed by atoms with E-state index in [4.69, 9.17) is 0 Å². The molecular weight excluding hydrogens is 330 g/mol. The van der Waals surface area contributed by atoms with E-state index in [1.54, 1.807) is 11.3 Å². The van der Waals surface area contributed by atoms with Crippen LogP contribution < -0.4 is 0 Å². The molecule has 0 unspecified atom stereocenters. The van der Waals surface area contributed by atoms with Crippen LogP contribution in [0, 0.1) is 13.8 Å². The van der Waals surface area contributed by atoms with E-state index in [-0.39, 0.29) is 11.7 Å². The Kier molecular flexibility index (Phi) is 4.58. The maximum Gasteiger partial charge on any atom is 0.316 e. The van der Waals surface area contributed by atoms with Gasteiger partial charge in [0, 0.05) is 5.56 Å². The van der Waals surface area contributed by atoms with Crippen molar-refractivity contribution in [2.24, 2.45) is 0 Å². The van der Waals surface area contributed by atoms with Crippen LogP contribution >= 0.6 is 23.1 Å². The molecule has 0 saturated carbocycles. The fourth-order valence-electron chi connectivity index (χ4n) is 2.10. The van der Waals surface area contributed by atoms with Crippen LogP contribution in [0.4, 0.5) is 0 Å². The molecule has 0 aliphatic heterocycles. The van der Waals surface area contributed by atoms with Gasteiger partial charge in [0.15, 0.2) is 0 Å². The Morgan fingerprint density at radius 2 is 1.96 bits per heavy atom. The SMILES string of the molecule is COC(=O)CSc1nnc(-c2ccc(C)cc2)c2sc(C)nc12. The highest BCUT2D eigenvalue weighted by molar-refractivity contribution is 8.00. The molecule has 118 valence electrons. The highest BCUT2D eigenvalue weighted by Gasteiger charge is 2.16. The summed E-state index contributed by atoms with van der Waals surface area (Å²) in [6, 6.07) is 8.18. The van der Waals surface area contributed by atoms with Crippen LogP contribution in [0.5, 0.6) is 0 Å². The van der Waals surface area contributed by atoms with E-state index in [0.717, 1.165) is 26.5 Å². The molecule has 0 aliphatic rings. The first-order chi connectivity index (χ1) is 11.1. The monoisotopic (exact) mass is 345 g/mol. The molecule has 0 amide bonds. The lowest BCUT2D eigenvalue weighted by molar-refractivity contribution is -0.137. The van der Waals surface area contributed by atoms with E-state index in [2.05, 4.69) is 39.0 Å². The number of nitrogens with zero attached hydrogens (tertiary/aromatic N) is 3. The summed E-state index contributed by atoms with van der Waals surface area (Å²) < 4.78 is 5.66. The number of fused-ring (bicyclic) bond motifs is 1. The number of carbonyl (C=O) groups excluding carboxylic acids is 1. The highest BCUT2D eigenvalue weighted by Crippen LogP contribution is 2.35. The van der Waals surface area contributed by atoms with Gasteiger partial charge in [-0.1, -0.05) is 41.6 Å². The van der Waals surface area contributed by atoms with Crippen molar-refractivity contribution in [1.29, 1.82) is 0 Å². The Morgan fingerprint density at radius 1 is 1.22 bits per heavy atom. The zero-order chi connectivity index (χ0) is 16.4. The molecular formula is C16H15N3O2S2. The molecule has 3 aromatic rings. The van der Waals surface area contributed by atoms with Crippen molar-refractivity contribution in [2.45, 2.75) is 18.9 Å². The second-order valence-corrected chi connectivity index (χ2v) is 7.16. The van der Waals surface area contributed by atoms with Crippen molar-refractivity contribution in [2.75, 3.05) is 12.9 Å². The van der Waals surface area contributed by atoms with E-state index in [9.17, 15) is 4.79 Å². The number of benzene rings is 1. The number of esters is 1. The summed E-state index contributed by atoms with van der Waals surface area (Å²) >= 11 is 2.89. The van der Waals surface area contributed by atoms with Crippen LogP contribution in [0.2, 0.25) is 0 Å². The molecule has 0 aliphatic carbocycles. The van der Waals surface area contributed by atoms with E-state index in [1.165, 1.54) is 24.4 Å². The van der Waals surface area contributed by atoms with Gasteiger partial charge in [-0.2, -0.15) is 0 Å². The van der Waals surface area contributed by atoms with Crippen LogP contribution in [0.15, 0.2) is 29.3 Å². The minimum atomic E-state index is -0.292. The van der Waals surface area contributed by atoms with Gasteiger partial charge in [-0.25, -0.2) is 4.98 Å². The second-order valence-electron chi connectivity index (χ2n) is 5.00. The standard InChI is InChI=1S/C16H15N3O2S2/c1-9-4-6-11(7-5-9)13-15-14(17-10(2)23-15)16(19-18-13)22-8-12(20)21-3/h4-7H,8H2,1-3H3. The Labute approximate surface area is 142 Å². The Morgan fingerprint density at radius 3 is 2.65 bits per heavy atom. The van der Waals surface area contributed by atoms with Crippen molar-refractivity contribution < 1.29 is 9.53 Å². The van der Waals surface area contributed by atoms with Gasteiger partial charge < -0.3 is 4.74 Å². The third-order valence-corrected chi connectivity index (χ3v) is 5.18. The summed E-state index contributed by atoms with van der Waals surface area (Å²) in [6.07, 6.45) is 0. The number of aromatic nitrogens is 3. The van der Waals surface area contributed by atoms with Gasteiger partial charge >= 0.3 is 5.97 Å². The minimum Gasteiger partial charge on any atom is -0.468 e. The Bertz CT molecular complexity index is 860. The summed E-state index contributed by atoms with van der Waals surface area (Å²) in [7, 11) is 1.37. The molecule has 5 nitrogen and oxygen atoms in total. The highest BCUT2D eigenvalue weighted by atomic mass is 32.2. The zero-order valence-electron chi connectivity index (χ0n) is 13.0. The van der Waals surface area contributed by atoms with Crippen LogP contribution in [-0.2, 0) is 9.53 Å². The van der Waals surface area contributed by atoms with Crippen molar-refractivity contribution in [3.63, 3.8) is 0 Å². The molecule has 7 heteroatoms. The lowest BCUT2D eigenvalue weighted by Gasteiger charge is -2.05. The molecule has 23 heavy (non-hydrogen) atoms. The Hall–Kier alpha value is -1.99. The molecule has 0 atom stereocenters. The lowest BCUT2D eigenvalue weighted by atomic mass is 10.1. The first-order valence-corrected chi connectivity index (χ1v) is 8.79. The fourth-order valence-corrected chi connectivity index (χ4v) is 3.85. The van der Waals surface area contributed by atoms with Crippen molar-refractivity contribution >= 4 is 39.3 Å². The molecule has 0 bridgehead atoms. The van der Waals surface area contributed by atoms with E-state index in [1.807, 2.05) is 19.1 Å². The quantitative estimate of drug-likeness (QED) is 0.531. The third-order valence-electron chi connectivity index (χ3n) is 3.27. The van der Waals surface area contributed by atoms with Crippen LogP contribution in [0.1, 0.15) is 10.6 Å². The normalized spacial score (nSPS) is 10.9. The molecule has 3 rings (SSSR count). The van der Waals surface area contributed by atoms with Gasteiger partial charge in [-0.05, 0) is 13.8 Å². The van der Waals surface area contributed by atoms with Crippen LogP contribution in [-0.4, -0.2) is 34.0 Å². The smallest absolute Gasteiger partial charge is 0.316 e. The molecule has 0 saturated heterocycles. The topological polar surface area (TPSA) is 65.0 Å². The predicted molar refractivity (Wildman–Crippen MR) is 92.9 cm³/mol. The largest absolute Gasteiger partial charge is 0.468 e. The van der Waals surface area contributed by atoms with Gasteiger partial charge in [0.1, 0.15) is 16.2 Å². The van der Waals surface area contributed by atoms with E-state index >= 15 is 0 Å². The Balaban J connectivity index is 2.05. The number of carbonyl (C=O) groups is 1.